The van der Waals surface area contributed by atoms with Crippen LogP contribution in [0.25, 0.3) is 11.3 Å². The molecule has 0 radical (unpaired) electrons. The van der Waals surface area contributed by atoms with Crippen LogP contribution in [-0.4, -0.2) is 53.5 Å². The minimum atomic E-state index is -1.31. The molecule has 1 unspecified atom stereocenters. The van der Waals surface area contributed by atoms with Gasteiger partial charge in [-0.25, -0.2) is 13.8 Å². The van der Waals surface area contributed by atoms with Gasteiger partial charge >= 0.3 is 0 Å². The monoisotopic (exact) mass is 577 g/mol. The minimum absolute atomic E-state index is 0.0582. The van der Waals surface area contributed by atoms with Crippen molar-refractivity contribution in [2.45, 2.75) is 25.9 Å². The SMILES string of the molecule is Cc1ccc(-c2nc(C(CO)Oc3ccc(F)c(C(=O)NC(=O)C4CCN(C)CC4)c3F)oc2Br)cc1. The van der Waals surface area contributed by atoms with E-state index >= 15 is 4.39 Å². The van der Waals surface area contributed by atoms with Crippen molar-refractivity contribution < 1.29 is 32.6 Å². The normalized spacial score (nSPS) is 15.4. The summed E-state index contributed by atoms with van der Waals surface area (Å²) in [6.07, 6.45) is -0.177. The smallest absolute Gasteiger partial charge is 0.263 e. The fraction of sp³-hybridized carbons (Fsp3) is 0.346. The number of hydrogen-bond acceptors (Lipinski definition) is 7. The number of piperidine rings is 1. The van der Waals surface area contributed by atoms with Crippen molar-refractivity contribution in [2.75, 3.05) is 26.7 Å². The van der Waals surface area contributed by atoms with Gasteiger partial charge in [-0.3, -0.25) is 14.9 Å². The number of aliphatic hydroxyl groups is 1. The Labute approximate surface area is 220 Å². The molecule has 1 aromatic heterocycles. The largest absolute Gasteiger partial charge is 0.475 e. The van der Waals surface area contributed by atoms with Crippen LogP contribution < -0.4 is 10.1 Å². The maximum absolute atomic E-state index is 15.2. The number of aliphatic hydroxyl groups excluding tert-OH is 1. The topological polar surface area (TPSA) is 105 Å². The van der Waals surface area contributed by atoms with Crippen LogP contribution >= 0.6 is 15.9 Å². The number of carbonyl (C=O) groups excluding carboxylic acids is 2. The van der Waals surface area contributed by atoms with E-state index in [1.807, 2.05) is 38.2 Å². The van der Waals surface area contributed by atoms with Crippen LogP contribution in [0.5, 0.6) is 5.75 Å². The number of halogens is 3. The molecule has 1 atom stereocenters. The molecular formula is C26H26BrF2N3O5. The summed E-state index contributed by atoms with van der Waals surface area (Å²) < 4.78 is 41.1. The van der Waals surface area contributed by atoms with E-state index in [9.17, 15) is 19.1 Å². The molecule has 1 saturated heterocycles. The number of nitrogens with one attached hydrogen (secondary N) is 1. The number of amides is 2. The van der Waals surface area contributed by atoms with E-state index in [1.165, 1.54) is 0 Å². The van der Waals surface area contributed by atoms with Crippen LogP contribution in [0.3, 0.4) is 0 Å². The van der Waals surface area contributed by atoms with E-state index in [-0.39, 0.29) is 10.6 Å². The average molecular weight is 578 g/mol. The second-order valence-electron chi connectivity index (χ2n) is 8.96. The second kappa shape index (κ2) is 11.5. The van der Waals surface area contributed by atoms with Gasteiger partial charge < -0.3 is 19.2 Å². The van der Waals surface area contributed by atoms with E-state index in [0.717, 1.165) is 23.3 Å². The molecule has 1 aliphatic heterocycles. The number of carbonyl (C=O) groups is 2. The molecule has 2 N–H and O–H groups in total. The molecule has 37 heavy (non-hydrogen) atoms. The van der Waals surface area contributed by atoms with Crippen LogP contribution in [0, 0.1) is 24.5 Å². The third-order valence-electron chi connectivity index (χ3n) is 6.25. The first-order chi connectivity index (χ1) is 17.7. The molecule has 11 heteroatoms. The molecule has 2 amide bonds. The summed E-state index contributed by atoms with van der Waals surface area (Å²) in [4.78, 5) is 31.5. The van der Waals surface area contributed by atoms with Gasteiger partial charge in [-0.05, 0) is 68.0 Å². The Kier molecular flexibility index (Phi) is 8.35. The van der Waals surface area contributed by atoms with Gasteiger partial charge in [0.05, 0.1) is 6.61 Å². The summed E-state index contributed by atoms with van der Waals surface area (Å²) in [6, 6.07) is 9.32. The highest BCUT2D eigenvalue weighted by Gasteiger charge is 2.30. The van der Waals surface area contributed by atoms with E-state index < -0.39 is 53.4 Å². The Bertz CT molecular complexity index is 1290. The number of nitrogens with zero attached hydrogens (tertiary/aromatic N) is 2. The Morgan fingerprint density at radius 2 is 1.89 bits per heavy atom. The van der Waals surface area contributed by atoms with Gasteiger partial charge in [0.15, 0.2) is 22.3 Å². The third-order valence-corrected chi connectivity index (χ3v) is 6.78. The lowest BCUT2D eigenvalue weighted by atomic mass is 9.96. The Morgan fingerprint density at radius 3 is 2.54 bits per heavy atom. The lowest BCUT2D eigenvalue weighted by Gasteiger charge is -2.27. The van der Waals surface area contributed by atoms with Gasteiger partial charge in [-0.1, -0.05) is 29.8 Å². The first kappa shape index (κ1) is 26.9. The Morgan fingerprint density at radius 1 is 1.22 bits per heavy atom. The molecule has 196 valence electrons. The molecule has 1 aliphatic rings. The van der Waals surface area contributed by atoms with Crippen molar-refractivity contribution in [1.29, 1.82) is 0 Å². The average Bonchev–Trinajstić information content (AvgIpc) is 3.25. The van der Waals surface area contributed by atoms with Gasteiger partial charge in [0.25, 0.3) is 5.91 Å². The Hall–Kier alpha value is -3.15. The molecule has 0 bridgehead atoms. The Balaban J connectivity index is 1.53. The predicted octanol–water partition coefficient (Wildman–Crippen LogP) is 4.40. The molecule has 2 aromatic carbocycles. The maximum Gasteiger partial charge on any atom is 0.263 e. The quantitative estimate of drug-likeness (QED) is 0.401. The fourth-order valence-corrected chi connectivity index (χ4v) is 4.53. The van der Waals surface area contributed by atoms with Gasteiger partial charge in [0, 0.05) is 11.5 Å². The number of hydrogen-bond donors (Lipinski definition) is 2. The lowest BCUT2D eigenvalue weighted by molar-refractivity contribution is -0.125. The molecular weight excluding hydrogens is 552 g/mol. The summed E-state index contributed by atoms with van der Waals surface area (Å²) in [5.74, 6) is -5.23. The van der Waals surface area contributed by atoms with Gasteiger partial charge in [-0.2, -0.15) is 0 Å². The second-order valence-corrected chi connectivity index (χ2v) is 9.68. The van der Waals surface area contributed by atoms with Crippen LogP contribution in [0.15, 0.2) is 45.5 Å². The van der Waals surface area contributed by atoms with Gasteiger partial charge in [0.2, 0.25) is 11.8 Å². The van der Waals surface area contributed by atoms with E-state index in [1.54, 1.807) is 0 Å². The molecule has 0 aliphatic carbocycles. The molecule has 1 fully saturated rings. The van der Waals surface area contributed by atoms with Crippen molar-refractivity contribution in [3.8, 4) is 17.0 Å². The highest BCUT2D eigenvalue weighted by atomic mass is 79.9. The molecule has 8 nitrogen and oxygen atoms in total. The fourth-order valence-electron chi connectivity index (χ4n) is 4.04. The maximum atomic E-state index is 15.2. The van der Waals surface area contributed by atoms with Crippen molar-refractivity contribution in [1.82, 2.24) is 15.2 Å². The van der Waals surface area contributed by atoms with Crippen LogP contribution in [0.2, 0.25) is 0 Å². The lowest BCUT2D eigenvalue weighted by Crippen LogP contribution is -2.41. The molecule has 0 saturated carbocycles. The number of benzene rings is 2. The molecule has 2 heterocycles. The van der Waals surface area contributed by atoms with Gasteiger partial charge in [-0.15, -0.1) is 0 Å². The van der Waals surface area contributed by atoms with E-state index in [4.69, 9.17) is 9.15 Å². The first-order valence-electron chi connectivity index (χ1n) is 11.7. The van der Waals surface area contributed by atoms with Gasteiger partial charge in [0.1, 0.15) is 17.1 Å². The standard InChI is InChI=1S/C26H26BrF2N3O5/c1-14-3-5-15(6-4-14)22-23(27)37-26(30-22)19(13-33)36-18-8-7-17(28)20(21(18)29)25(35)31-24(34)16-9-11-32(2)12-10-16/h3-8,16,19,33H,9-13H2,1-2H3,(H,31,34,35). The first-order valence-corrected chi connectivity index (χ1v) is 12.5. The summed E-state index contributed by atoms with van der Waals surface area (Å²) in [5.41, 5.74) is 1.29. The van der Waals surface area contributed by atoms with Crippen LogP contribution in [0.4, 0.5) is 8.78 Å². The highest BCUT2D eigenvalue weighted by Crippen LogP contribution is 2.33. The molecule has 0 spiro atoms. The third kappa shape index (κ3) is 6.06. The number of likely N-dealkylation sites (tertiary alicyclic amines) is 1. The van der Waals surface area contributed by atoms with E-state index in [2.05, 4.69) is 31.1 Å². The van der Waals surface area contributed by atoms with Crippen LogP contribution in [-0.2, 0) is 4.79 Å². The van der Waals surface area contributed by atoms with Crippen molar-refractivity contribution in [3.63, 3.8) is 0 Å². The zero-order valence-corrected chi connectivity index (χ0v) is 21.8. The van der Waals surface area contributed by atoms with Crippen molar-refractivity contribution in [3.05, 3.63) is 69.7 Å². The zero-order valence-electron chi connectivity index (χ0n) is 20.3. The highest BCUT2D eigenvalue weighted by molar-refractivity contribution is 9.10. The van der Waals surface area contributed by atoms with Crippen LogP contribution in [0.1, 0.15) is 40.8 Å². The number of ether oxygens (including phenoxy) is 1. The summed E-state index contributed by atoms with van der Waals surface area (Å²) in [6.45, 7) is 2.67. The zero-order chi connectivity index (χ0) is 26.7. The van der Waals surface area contributed by atoms with Crippen molar-refractivity contribution in [2.24, 2.45) is 5.92 Å². The molecule has 4 rings (SSSR count). The predicted molar refractivity (Wildman–Crippen MR) is 134 cm³/mol. The van der Waals surface area contributed by atoms with Crippen molar-refractivity contribution >= 4 is 27.7 Å². The number of aromatic nitrogens is 1. The summed E-state index contributed by atoms with van der Waals surface area (Å²) >= 11 is 3.29. The number of aryl methyl sites for hydroxylation is 1. The minimum Gasteiger partial charge on any atom is -0.475 e. The number of oxazole rings is 1. The van der Waals surface area contributed by atoms with E-state index in [0.29, 0.717) is 31.6 Å². The number of imide groups is 1. The molecule has 3 aromatic rings. The summed E-state index contributed by atoms with van der Waals surface area (Å²) in [7, 11) is 1.93. The summed E-state index contributed by atoms with van der Waals surface area (Å²) in [5, 5.41) is 12.0. The number of rotatable bonds is 7.